The van der Waals surface area contributed by atoms with Gasteiger partial charge in [0.2, 0.25) is 15.9 Å². The van der Waals surface area contributed by atoms with Gasteiger partial charge < -0.3 is 5.32 Å². The zero-order valence-electron chi connectivity index (χ0n) is 18.3. The van der Waals surface area contributed by atoms with Crippen LogP contribution in [0.25, 0.3) is 4.85 Å². The molecule has 0 radical (unpaired) electrons. The molecule has 2 aromatic rings. The van der Waals surface area contributed by atoms with Gasteiger partial charge in [0, 0.05) is 30.9 Å². The second-order valence-electron chi connectivity index (χ2n) is 8.15. The van der Waals surface area contributed by atoms with E-state index in [4.69, 9.17) is 6.57 Å². The average Bonchev–Trinajstić information content (AvgIpc) is 2.70. The number of nitrogens with one attached hydrogen (secondary N) is 1. The van der Waals surface area contributed by atoms with Crippen LogP contribution in [0.2, 0.25) is 0 Å². The van der Waals surface area contributed by atoms with E-state index >= 15 is 0 Å². The Kier molecular flexibility index (Phi) is 6.80. The molecule has 8 heteroatoms. The van der Waals surface area contributed by atoms with Crippen LogP contribution in [0.15, 0.2) is 47.4 Å². The second kappa shape index (κ2) is 9.18. The van der Waals surface area contributed by atoms with Crippen LogP contribution in [-0.2, 0) is 14.8 Å². The van der Waals surface area contributed by atoms with Crippen LogP contribution in [-0.4, -0.2) is 55.2 Å². The number of carbonyl (C=O) groups is 1. The lowest BCUT2D eigenvalue weighted by molar-refractivity contribution is -0.118. The number of rotatable bonds is 5. The Hall–Kier alpha value is -2.73. The molecule has 0 aromatic heterocycles. The topological polar surface area (TPSA) is 74.1 Å². The number of nitrogens with zero attached hydrogens (tertiary/aromatic N) is 3. The molecule has 1 N–H and O–H groups in total. The summed E-state index contributed by atoms with van der Waals surface area (Å²) < 4.78 is 28.0. The van der Waals surface area contributed by atoms with Gasteiger partial charge in [0.1, 0.15) is 0 Å². The largest absolute Gasteiger partial charge is 0.324 e. The normalized spacial score (nSPS) is 20.2. The van der Waals surface area contributed by atoms with Crippen LogP contribution in [0.4, 0.5) is 11.4 Å². The third-order valence-corrected chi connectivity index (χ3v) is 7.67. The minimum Gasteiger partial charge on any atom is -0.324 e. The molecule has 1 fully saturated rings. The van der Waals surface area contributed by atoms with Crippen molar-refractivity contribution in [3.63, 3.8) is 0 Å². The lowest BCUT2D eigenvalue weighted by atomic mass is 10.1. The number of hydrogen-bond acceptors (Lipinski definition) is 4. The number of benzene rings is 2. The minimum atomic E-state index is -3.74. The van der Waals surface area contributed by atoms with Crippen LogP contribution in [0.3, 0.4) is 0 Å². The van der Waals surface area contributed by atoms with Crippen LogP contribution in [0, 0.1) is 20.4 Å². The summed E-state index contributed by atoms with van der Waals surface area (Å²) in [7, 11) is -3.74. The van der Waals surface area contributed by atoms with Crippen molar-refractivity contribution in [2.75, 3.05) is 25.0 Å². The lowest BCUT2D eigenvalue weighted by Crippen LogP contribution is -2.59. The fraction of sp³-hybridized carbons (Fsp3) is 0.391. The number of piperazine rings is 1. The lowest BCUT2D eigenvalue weighted by Gasteiger charge is -2.43. The van der Waals surface area contributed by atoms with Gasteiger partial charge in [-0.1, -0.05) is 30.3 Å². The molecule has 2 unspecified atom stereocenters. The van der Waals surface area contributed by atoms with Gasteiger partial charge in [-0.3, -0.25) is 9.69 Å². The Morgan fingerprint density at radius 3 is 2.26 bits per heavy atom. The van der Waals surface area contributed by atoms with Crippen molar-refractivity contribution < 1.29 is 13.2 Å². The summed E-state index contributed by atoms with van der Waals surface area (Å²) in [5.74, 6) is -0.113. The van der Waals surface area contributed by atoms with Gasteiger partial charge >= 0.3 is 0 Å². The summed E-state index contributed by atoms with van der Waals surface area (Å²) in [6, 6.07) is 11.4. The average molecular weight is 441 g/mol. The van der Waals surface area contributed by atoms with Crippen molar-refractivity contribution >= 4 is 27.3 Å². The van der Waals surface area contributed by atoms with Gasteiger partial charge in [-0.05, 0) is 51.0 Å². The number of aryl methyl sites for hydroxylation is 2. The van der Waals surface area contributed by atoms with E-state index in [1.165, 1.54) is 16.4 Å². The predicted octanol–water partition coefficient (Wildman–Crippen LogP) is 3.58. The molecule has 1 amide bonds. The molecule has 1 aliphatic heterocycles. The molecule has 2 aromatic carbocycles. The summed E-state index contributed by atoms with van der Waals surface area (Å²) in [4.78, 5) is 18.1. The number of sulfonamides is 1. The zero-order valence-corrected chi connectivity index (χ0v) is 19.1. The van der Waals surface area contributed by atoms with Crippen LogP contribution < -0.4 is 5.32 Å². The van der Waals surface area contributed by atoms with E-state index < -0.39 is 10.0 Å². The minimum absolute atomic E-state index is 0.113. The summed E-state index contributed by atoms with van der Waals surface area (Å²) >= 11 is 0. The van der Waals surface area contributed by atoms with Crippen LogP contribution in [0.1, 0.15) is 25.0 Å². The van der Waals surface area contributed by atoms with E-state index in [2.05, 4.69) is 10.2 Å². The molecule has 0 aliphatic carbocycles. The summed E-state index contributed by atoms with van der Waals surface area (Å²) in [6.07, 6.45) is 0. The van der Waals surface area contributed by atoms with E-state index in [0.29, 0.717) is 18.8 Å². The number of carbonyl (C=O) groups excluding carboxylic acids is 1. The van der Waals surface area contributed by atoms with E-state index in [1.807, 2.05) is 50.8 Å². The Labute approximate surface area is 184 Å². The third-order valence-electron chi connectivity index (χ3n) is 5.55. The predicted molar refractivity (Wildman–Crippen MR) is 122 cm³/mol. The standard InChI is InChI=1S/C23H28N4O3S/c1-16-8-6-9-17(2)23(16)25-22(28)15-26-13-18(3)27(19(4)14-26)31(29,30)21-11-7-10-20(12-21)24-5/h6-12,18-19H,13-15H2,1-4H3,(H,25,28). The van der Waals surface area contributed by atoms with Gasteiger partial charge in [-0.15, -0.1) is 0 Å². The van der Waals surface area contributed by atoms with Crippen molar-refractivity contribution in [3.8, 4) is 0 Å². The maximum absolute atomic E-state index is 13.2. The SMILES string of the molecule is [C-]#[N+]c1cccc(S(=O)(=O)N2C(C)CN(CC(=O)Nc3c(C)cccc3C)CC2C)c1. The maximum Gasteiger partial charge on any atom is 0.242 e. The van der Waals surface area contributed by atoms with E-state index in [0.717, 1.165) is 16.8 Å². The summed E-state index contributed by atoms with van der Waals surface area (Å²) in [5, 5.41) is 2.99. The molecular weight excluding hydrogens is 412 g/mol. The zero-order chi connectivity index (χ0) is 22.8. The Morgan fingerprint density at radius 1 is 1.10 bits per heavy atom. The number of hydrogen-bond donors (Lipinski definition) is 1. The second-order valence-corrected chi connectivity index (χ2v) is 9.99. The molecule has 0 bridgehead atoms. The van der Waals surface area contributed by atoms with Crippen LogP contribution in [0.5, 0.6) is 0 Å². The highest BCUT2D eigenvalue weighted by molar-refractivity contribution is 7.89. The molecule has 164 valence electrons. The van der Waals surface area contributed by atoms with E-state index in [9.17, 15) is 13.2 Å². The number of para-hydroxylation sites is 1. The van der Waals surface area contributed by atoms with Crippen molar-refractivity contribution in [2.45, 2.75) is 44.7 Å². The Balaban J connectivity index is 1.71. The summed E-state index contributed by atoms with van der Waals surface area (Å²) in [5.41, 5.74) is 3.14. The molecule has 31 heavy (non-hydrogen) atoms. The third kappa shape index (κ3) is 4.96. The first-order chi connectivity index (χ1) is 14.6. The highest BCUT2D eigenvalue weighted by Crippen LogP contribution is 2.27. The number of anilines is 1. The molecule has 2 atom stereocenters. The monoisotopic (exact) mass is 440 g/mol. The first kappa shape index (κ1) is 22.9. The van der Waals surface area contributed by atoms with E-state index in [-0.39, 0.29) is 29.4 Å². The first-order valence-electron chi connectivity index (χ1n) is 10.2. The van der Waals surface area contributed by atoms with Crippen molar-refractivity contribution in [1.82, 2.24) is 9.21 Å². The van der Waals surface area contributed by atoms with Gasteiger partial charge in [0.15, 0.2) is 5.69 Å². The molecule has 1 heterocycles. The van der Waals surface area contributed by atoms with Gasteiger partial charge in [0.05, 0.1) is 18.0 Å². The van der Waals surface area contributed by atoms with Crippen molar-refractivity contribution in [3.05, 3.63) is 65.0 Å². The highest BCUT2D eigenvalue weighted by atomic mass is 32.2. The first-order valence-corrected chi connectivity index (χ1v) is 11.7. The van der Waals surface area contributed by atoms with E-state index in [1.54, 1.807) is 12.1 Å². The molecule has 3 rings (SSSR count). The van der Waals surface area contributed by atoms with Gasteiger partial charge in [-0.25, -0.2) is 13.3 Å². The number of amides is 1. The smallest absolute Gasteiger partial charge is 0.242 e. The Morgan fingerprint density at radius 2 is 1.68 bits per heavy atom. The van der Waals surface area contributed by atoms with Gasteiger partial charge in [0.25, 0.3) is 0 Å². The highest BCUT2D eigenvalue weighted by Gasteiger charge is 2.38. The maximum atomic E-state index is 13.2. The molecule has 1 aliphatic rings. The quantitative estimate of drug-likeness (QED) is 0.722. The molecule has 0 saturated carbocycles. The fourth-order valence-electron chi connectivity index (χ4n) is 4.25. The molecule has 7 nitrogen and oxygen atoms in total. The fourth-order valence-corrected chi connectivity index (χ4v) is 6.09. The summed E-state index contributed by atoms with van der Waals surface area (Å²) in [6.45, 7) is 15.9. The van der Waals surface area contributed by atoms with Crippen molar-refractivity contribution in [2.24, 2.45) is 0 Å². The van der Waals surface area contributed by atoms with Gasteiger partial charge in [-0.2, -0.15) is 4.31 Å². The van der Waals surface area contributed by atoms with Crippen LogP contribution >= 0.6 is 0 Å². The molecular formula is C23H28N4O3S. The van der Waals surface area contributed by atoms with Crippen molar-refractivity contribution in [1.29, 1.82) is 0 Å². The molecule has 1 saturated heterocycles. The Bertz CT molecular complexity index is 1090. The molecule has 0 spiro atoms.